The molecular weight excluding hydrogens is 408 g/mol. The van der Waals surface area contributed by atoms with E-state index in [1.807, 2.05) is 0 Å². The number of piperidine rings is 1. The molecule has 7 heteroatoms. The standard InChI is InChI=1S/C23H28ClF2N3O/c1-13(2)23(30)17-11-20(27)28-19(22(17)26)10-15-7-8-29(14(3)9-15)12-16-5-4-6-18(24)21(16)25/h4-6,11,13-15H,7-10,12H2,1-3H3,(H2,27,28)/t14-,15?/m1/s1. The first-order valence-electron chi connectivity index (χ1n) is 10.3. The van der Waals surface area contributed by atoms with Crippen LogP contribution in [0.15, 0.2) is 24.3 Å². The maximum absolute atomic E-state index is 15.0. The van der Waals surface area contributed by atoms with Gasteiger partial charge in [0.25, 0.3) is 0 Å². The van der Waals surface area contributed by atoms with Crippen molar-refractivity contribution in [3.63, 3.8) is 0 Å². The highest BCUT2D eigenvalue weighted by Gasteiger charge is 2.28. The number of rotatable bonds is 6. The van der Waals surface area contributed by atoms with Gasteiger partial charge in [-0.3, -0.25) is 9.69 Å². The van der Waals surface area contributed by atoms with Crippen LogP contribution in [0.1, 0.15) is 55.2 Å². The second-order valence-electron chi connectivity index (χ2n) is 8.50. The van der Waals surface area contributed by atoms with E-state index >= 15 is 0 Å². The molecule has 1 aliphatic rings. The third-order valence-corrected chi connectivity index (χ3v) is 6.14. The SMILES string of the molecule is CC(C)C(=O)c1cc(N)nc(CC2CCN(Cc3cccc(Cl)c3F)[C@H](C)C2)c1F. The van der Waals surface area contributed by atoms with Crippen LogP contribution in [0.2, 0.25) is 5.02 Å². The van der Waals surface area contributed by atoms with Crippen LogP contribution in [0.5, 0.6) is 0 Å². The number of likely N-dealkylation sites (tertiary alicyclic amines) is 1. The zero-order chi connectivity index (χ0) is 22.0. The van der Waals surface area contributed by atoms with E-state index in [4.69, 9.17) is 17.3 Å². The van der Waals surface area contributed by atoms with Gasteiger partial charge in [-0.1, -0.05) is 37.6 Å². The topological polar surface area (TPSA) is 59.2 Å². The lowest BCUT2D eigenvalue weighted by Crippen LogP contribution is -2.41. The normalized spacial score (nSPS) is 20.0. The number of hydrogen-bond donors (Lipinski definition) is 1. The molecule has 162 valence electrons. The molecule has 1 aliphatic heterocycles. The highest BCUT2D eigenvalue weighted by Crippen LogP contribution is 2.30. The van der Waals surface area contributed by atoms with Gasteiger partial charge in [0.1, 0.15) is 11.6 Å². The summed E-state index contributed by atoms with van der Waals surface area (Å²) in [5, 5.41) is 0.130. The Bertz CT molecular complexity index is 935. The number of nitrogens with zero attached hydrogens (tertiary/aromatic N) is 2. The van der Waals surface area contributed by atoms with Crippen molar-refractivity contribution >= 4 is 23.2 Å². The number of pyridine rings is 1. The van der Waals surface area contributed by atoms with Gasteiger partial charge < -0.3 is 5.73 Å². The molecule has 0 aliphatic carbocycles. The molecule has 1 aromatic carbocycles. The Morgan fingerprint density at radius 2 is 2.07 bits per heavy atom. The molecule has 0 amide bonds. The number of carbonyl (C=O) groups excluding carboxylic acids is 1. The molecule has 1 fully saturated rings. The van der Waals surface area contributed by atoms with Crippen molar-refractivity contribution in [1.82, 2.24) is 9.88 Å². The average Bonchev–Trinajstić information content (AvgIpc) is 2.69. The summed E-state index contributed by atoms with van der Waals surface area (Å²) in [5.74, 6) is -1.14. The highest BCUT2D eigenvalue weighted by molar-refractivity contribution is 6.30. The zero-order valence-electron chi connectivity index (χ0n) is 17.6. The Morgan fingerprint density at radius 1 is 1.33 bits per heavy atom. The molecule has 1 unspecified atom stereocenters. The van der Waals surface area contributed by atoms with Crippen molar-refractivity contribution in [1.29, 1.82) is 0 Å². The molecular formula is C23H28ClF2N3O. The van der Waals surface area contributed by atoms with Crippen molar-refractivity contribution in [2.75, 3.05) is 12.3 Å². The lowest BCUT2D eigenvalue weighted by Gasteiger charge is -2.38. The van der Waals surface area contributed by atoms with Crippen LogP contribution in [0.25, 0.3) is 0 Å². The molecule has 2 heterocycles. The van der Waals surface area contributed by atoms with Crippen LogP contribution < -0.4 is 5.73 Å². The predicted molar refractivity (Wildman–Crippen MR) is 115 cm³/mol. The van der Waals surface area contributed by atoms with E-state index in [0.717, 1.165) is 19.4 Å². The summed E-state index contributed by atoms with van der Waals surface area (Å²) >= 11 is 5.89. The van der Waals surface area contributed by atoms with Crippen LogP contribution in [0.3, 0.4) is 0 Å². The van der Waals surface area contributed by atoms with Crippen LogP contribution in [0, 0.1) is 23.5 Å². The fourth-order valence-electron chi connectivity index (χ4n) is 4.13. The van der Waals surface area contributed by atoms with Gasteiger partial charge >= 0.3 is 0 Å². The maximum Gasteiger partial charge on any atom is 0.168 e. The van der Waals surface area contributed by atoms with Crippen LogP contribution in [0.4, 0.5) is 14.6 Å². The Balaban J connectivity index is 1.69. The van der Waals surface area contributed by atoms with Gasteiger partial charge in [0.15, 0.2) is 11.6 Å². The van der Waals surface area contributed by atoms with Gasteiger partial charge in [-0.05, 0) is 50.8 Å². The smallest absolute Gasteiger partial charge is 0.168 e. The van der Waals surface area contributed by atoms with Gasteiger partial charge in [0, 0.05) is 24.1 Å². The van der Waals surface area contributed by atoms with E-state index in [1.54, 1.807) is 32.0 Å². The fourth-order valence-corrected chi connectivity index (χ4v) is 4.32. The predicted octanol–water partition coefficient (Wildman–Crippen LogP) is 5.28. The minimum Gasteiger partial charge on any atom is -0.384 e. The third kappa shape index (κ3) is 4.98. The minimum absolute atomic E-state index is 0.0226. The van der Waals surface area contributed by atoms with Crippen molar-refractivity contribution < 1.29 is 13.6 Å². The number of anilines is 1. The molecule has 2 N–H and O–H groups in total. The molecule has 1 aromatic heterocycles. The summed E-state index contributed by atoms with van der Waals surface area (Å²) in [5.41, 5.74) is 6.70. The summed E-state index contributed by atoms with van der Waals surface area (Å²) in [7, 11) is 0. The van der Waals surface area contributed by atoms with Gasteiger partial charge in [0.05, 0.1) is 16.3 Å². The van der Waals surface area contributed by atoms with E-state index in [2.05, 4.69) is 16.8 Å². The quantitative estimate of drug-likeness (QED) is 0.627. The minimum atomic E-state index is -0.556. The van der Waals surface area contributed by atoms with Gasteiger partial charge in [0.2, 0.25) is 0 Å². The van der Waals surface area contributed by atoms with E-state index in [-0.39, 0.29) is 51.6 Å². The summed E-state index contributed by atoms with van der Waals surface area (Å²) in [6.07, 6.45) is 2.08. The van der Waals surface area contributed by atoms with Gasteiger partial charge in [-0.15, -0.1) is 0 Å². The number of nitrogens with two attached hydrogens (primary N) is 1. The first-order chi connectivity index (χ1) is 14.2. The Hall–Kier alpha value is -2.05. The monoisotopic (exact) mass is 435 g/mol. The lowest BCUT2D eigenvalue weighted by atomic mass is 9.87. The number of benzene rings is 1. The van der Waals surface area contributed by atoms with Crippen molar-refractivity contribution in [2.24, 2.45) is 11.8 Å². The molecule has 2 aromatic rings. The Labute approximate surface area is 181 Å². The summed E-state index contributed by atoms with van der Waals surface area (Å²) in [4.78, 5) is 18.7. The lowest BCUT2D eigenvalue weighted by molar-refractivity contribution is 0.0934. The van der Waals surface area contributed by atoms with Crippen LogP contribution >= 0.6 is 11.6 Å². The molecule has 0 radical (unpaired) electrons. The zero-order valence-corrected chi connectivity index (χ0v) is 18.3. The summed E-state index contributed by atoms with van der Waals surface area (Å²) in [6, 6.07) is 6.57. The molecule has 0 spiro atoms. The largest absolute Gasteiger partial charge is 0.384 e. The molecule has 4 nitrogen and oxygen atoms in total. The number of halogens is 3. The first kappa shape index (κ1) is 22.6. The number of ketones is 1. The molecule has 1 saturated heterocycles. The summed E-state index contributed by atoms with van der Waals surface area (Å²) in [6.45, 7) is 6.81. The van der Waals surface area contributed by atoms with Crippen LogP contribution in [-0.4, -0.2) is 28.3 Å². The Kier molecular flexibility index (Phi) is 7.09. The van der Waals surface area contributed by atoms with Gasteiger partial charge in [-0.2, -0.15) is 0 Å². The molecule has 0 bridgehead atoms. The summed E-state index contributed by atoms with van der Waals surface area (Å²) < 4.78 is 29.2. The second kappa shape index (κ2) is 9.40. The molecule has 0 saturated carbocycles. The van der Waals surface area contributed by atoms with E-state index in [9.17, 15) is 13.6 Å². The molecule has 3 rings (SSSR count). The fraction of sp³-hybridized carbons (Fsp3) is 0.478. The van der Waals surface area contributed by atoms with Crippen LogP contribution in [-0.2, 0) is 13.0 Å². The average molecular weight is 436 g/mol. The van der Waals surface area contributed by atoms with Gasteiger partial charge in [-0.25, -0.2) is 13.8 Å². The molecule has 2 atom stereocenters. The number of Topliss-reactive ketones (excluding diaryl/α,β-unsaturated/α-hetero) is 1. The molecule has 30 heavy (non-hydrogen) atoms. The Morgan fingerprint density at radius 3 is 2.73 bits per heavy atom. The number of hydrogen-bond acceptors (Lipinski definition) is 4. The second-order valence-corrected chi connectivity index (χ2v) is 8.91. The third-order valence-electron chi connectivity index (χ3n) is 5.85. The number of aromatic nitrogens is 1. The van der Waals surface area contributed by atoms with Crippen molar-refractivity contribution in [3.05, 3.63) is 57.7 Å². The van der Waals surface area contributed by atoms with E-state index in [0.29, 0.717) is 18.5 Å². The van der Waals surface area contributed by atoms with E-state index < -0.39 is 5.82 Å². The maximum atomic E-state index is 15.0. The van der Waals surface area contributed by atoms with E-state index in [1.165, 1.54) is 6.07 Å². The van der Waals surface area contributed by atoms with Crippen molar-refractivity contribution in [2.45, 2.75) is 52.6 Å². The highest BCUT2D eigenvalue weighted by atomic mass is 35.5. The first-order valence-corrected chi connectivity index (χ1v) is 10.7. The number of nitrogen functional groups attached to an aromatic ring is 1. The van der Waals surface area contributed by atoms with Crippen molar-refractivity contribution in [3.8, 4) is 0 Å². The number of carbonyl (C=O) groups is 1.